The summed E-state index contributed by atoms with van der Waals surface area (Å²) >= 11 is 12.4. The zero-order valence-electron chi connectivity index (χ0n) is 4.99. The zero-order chi connectivity index (χ0) is 6.85. The van der Waals surface area contributed by atoms with Gasteiger partial charge in [0.25, 0.3) is 0 Å². The van der Waals surface area contributed by atoms with Crippen molar-refractivity contribution in [2.75, 3.05) is 0 Å². The van der Waals surface area contributed by atoms with Crippen LogP contribution < -0.4 is 2.81 Å². The molecule has 1 rings (SSSR count). The van der Waals surface area contributed by atoms with Crippen LogP contribution >= 0.6 is 23.2 Å². The van der Waals surface area contributed by atoms with E-state index in [9.17, 15) is 0 Å². The number of rotatable bonds is 0. The topological polar surface area (TPSA) is 0 Å². The van der Waals surface area contributed by atoms with Gasteiger partial charge in [0.2, 0.25) is 0 Å². The van der Waals surface area contributed by atoms with Crippen molar-refractivity contribution in [1.29, 1.82) is 0 Å². The molecule has 0 saturated carbocycles. The molecule has 0 N–H and O–H groups in total. The quantitative estimate of drug-likeness (QED) is 0.519. The predicted molar refractivity (Wildman–Crippen MR) is 41.9 cm³/mol. The third kappa shape index (κ3) is 2.48. The molecule has 0 spiro atoms. The van der Waals surface area contributed by atoms with Gasteiger partial charge in [0.05, 0.1) is 0 Å². The van der Waals surface area contributed by atoms with E-state index in [0.29, 0.717) is 0 Å². The van der Waals surface area contributed by atoms with Gasteiger partial charge in [-0.25, -0.2) is 0 Å². The van der Waals surface area contributed by atoms with E-state index < -0.39 is 0 Å². The summed E-state index contributed by atoms with van der Waals surface area (Å²) in [5.41, 5.74) is 0. The van der Waals surface area contributed by atoms with Gasteiger partial charge in [-0.3, -0.25) is 0 Å². The van der Waals surface area contributed by atoms with Crippen LogP contribution in [0, 0.1) is 0 Å². The van der Waals surface area contributed by atoms with Crippen LogP contribution in [0.5, 0.6) is 0 Å². The minimum absolute atomic E-state index is 0.729. The van der Waals surface area contributed by atoms with Gasteiger partial charge in [-0.05, 0) is 0 Å². The van der Waals surface area contributed by atoms with E-state index >= 15 is 0 Å². The SMILES string of the molecule is [Na][c]1cc(Cl)cc(Cl)c1. The fourth-order valence-corrected chi connectivity index (χ4v) is 2.31. The van der Waals surface area contributed by atoms with Crippen LogP contribution in [0.4, 0.5) is 0 Å². The van der Waals surface area contributed by atoms with E-state index in [1.54, 1.807) is 6.07 Å². The molecule has 0 radical (unpaired) electrons. The maximum atomic E-state index is 5.69. The van der Waals surface area contributed by atoms with Gasteiger partial charge in [0.1, 0.15) is 0 Å². The summed E-state index contributed by atoms with van der Waals surface area (Å²) in [5, 5.41) is 1.46. The van der Waals surface area contributed by atoms with Crippen molar-refractivity contribution in [2.24, 2.45) is 0 Å². The average molecular weight is 169 g/mol. The molecule has 0 unspecified atom stereocenters. The first-order valence-corrected chi connectivity index (χ1v) is 4.37. The molecule has 0 aromatic heterocycles. The van der Waals surface area contributed by atoms with Crippen LogP contribution in [0.3, 0.4) is 0 Å². The van der Waals surface area contributed by atoms with Crippen molar-refractivity contribution in [2.45, 2.75) is 0 Å². The van der Waals surface area contributed by atoms with Gasteiger partial charge >= 0.3 is 82.2 Å². The Morgan fingerprint density at radius 1 is 1.00 bits per heavy atom. The van der Waals surface area contributed by atoms with Crippen molar-refractivity contribution >= 4 is 53.9 Å². The van der Waals surface area contributed by atoms with Gasteiger partial charge in [-0.15, -0.1) is 0 Å². The molecule has 0 nitrogen and oxygen atoms in total. The summed E-state index contributed by atoms with van der Waals surface area (Å²) in [7, 11) is 0. The van der Waals surface area contributed by atoms with Crippen LogP contribution in [-0.2, 0) is 0 Å². The number of halogens is 2. The van der Waals surface area contributed by atoms with Crippen molar-refractivity contribution in [3.05, 3.63) is 28.2 Å². The van der Waals surface area contributed by atoms with Crippen LogP contribution in [-0.4, -0.2) is 27.9 Å². The first kappa shape index (κ1) is 7.90. The van der Waals surface area contributed by atoms with Gasteiger partial charge < -0.3 is 0 Å². The maximum absolute atomic E-state index is 5.69. The predicted octanol–water partition coefficient (Wildman–Crippen LogP) is 1.79. The van der Waals surface area contributed by atoms with E-state index in [1.807, 2.05) is 12.1 Å². The molecule has 0 amide bonds. The summed E-state index contributed by atoms with van der Waals surface area (Å²) < 4.78 is 1.23. The second-order valence-corrected chi connectivity index (χ2v) is 3.97. The summed E-state index contributed by atoms with van der Waals surface area (Å²) in [6.45, 7) is 0. The second-order valence-electron chi connectivity index (χ2n) is 1.95. The molecule has 3 heteroatoms. The van der Waals surface area contributed by atoms with Crippen LogP contribution in [0.25, 0.3) is 0 Å². The summed E-state index contributed by atoms with van der Waals surface area (Å²) in [5.74, 6) is 0. The van der Waals surface area contributed by atoms with Gasteiger partial charge in [0.15, 0.2) is 0 Å². The van der Waals surface area contributed by atoms with E-state index in [0.717, 1.165) is 38.0 Å². The third-order valence-corrected chi connectivity index (χ3v) is 2.02. The fourth-order valence-electron chi connectivity index (χ4n) is 0.692. The number of hydrogen-bond acceptors (Lipinski definition) is 0. The fraction of sp³-hybridized carbons (Fsp3) is 0. The minimum atomic E-state index is 0.729. The molecule has 0 atom stereocenters. The molecule has 0 fully saturated rings. The molecular weight excluding hydrogens is 166 g/mol. The van der Waals surface area contributed by atoms with Gasteiger partial charge in [-0.1, -0.05) is 0 Å². The monoisotopic (exact) mass is 168 g/mol. The van der Waals surface area contributed by atoms with E-state index in [-0.39, 0.29) is 0 Å². The summed E-state index contributed by atoms with van der Waals surface area (Å²) in [4.78, 5) is 0. The molecule has 0 heterocycles. The molecule has 0 aliphatic heterocycles. The standard InChI is InChI=1S/C6H3Cl2.Na/c7-5-2-1-3-6(8)4-5;/h2-4H;. The molecule has 0 bridgehead atoms. The third-order valence-electron chi connectivity index (χ3n) is 1.01. The van der Waals surface area contributed by atoms with Crippen molar-refractivity contribution in [1.82, 2.24) is 0 Å². The first-order chi connectivity index (χ1) is 4.18. The molecule has 0 aliphatic carbocycles. The Hall–Kier alpha value is 0.800. The Bertz CT molecular complexity index is 172. The summed E-state index contributed by atoms with van der Waals surface area (Å²) in [6.07, 6.45) is 0. The molecule has 42 valence electrons. The molecule has 1 aromatic carbocycles. The Kier molecular flexibility index (Phi) is 2.87. The van der Waals surface area contributed by atoms with E-state index in [1.165, 1.54) is 2.81 Å². The normalized spacial score (nSPS) is 9.78. The first-order valence-electron chi connectivity index (χ1n) is 2.61. The van der Waals surface area contributed by atoms with Crippen LogP contribution in [0.1, 0.15) is 0 Å². The van der Waals surface area contributed by atoms with Crippen molar-refractivity contribution < 1.29 is 0 Å². The second kappa shape index (κ2) is 3.27. The van der Waals surface area contributed by atoms with Crippen molar-refractivity contribution in [3.8, 4) is 0 Å². The zero-order valence-corrected chi connectivity index (χ0v) is 8.50. The van der Waals surface area contributed by atoms with E-state index in [2.05, 4.69) is 0 Å². The van der Waals surface area contributed by atoms with Gasteiger partial charge in [-0.2, -0.15) is 0 Å². The molecule has 1 aromatic rings. The molecular formula is C6H3Cl2Na. The van der Waals surface area contributed by atoms with Crippen LogP contribution in [0.15, 0.2) is 18.2 Å². The molecule has 0 saturated heterocycles. The number of benzene rings is 1. The average Bonchev–Trinajstić information content (AvgIpc) is 1.59. The Morgan fingerprint density at radius 2 is 1.44 bits per heavy atom. The molecule has 0 aliphatic rings. The van der Waals surface area contributed by atoms with Gasteiger partial charge in [0, 0.05) is 0 Å². The molecule has 9 heavy (non-hydrogen) atoms. The van der Waals surface area contributed by atoms with Crippen LogP contribution in [0.2, 0.25) is 10.0 Å². The Balaban J connectivity index is 3.17. The number of hydrogen-bond donors (Lipinski definition) is 0. The van der Waals surface area contributed by atoms with Crippen molar-refractivity contribution in [3.63, 3.8) is 0 Å². The Morgan fingerprint density at radius 3 is 1.78 bits per heavy atom. The van der Waals surface area contributed by atoms with E-state index in [4.69, 9.17) is 23.2 Å². The summed E-state index contributed by atoms with van der Waals surface area (Å²) in [6, 6.07) is 5.60. The Labute approximate surface area is 81.6 Å².